The van der Waals surface area contributed by atoms with E-state index in [9.17, 15) is 4.79 Å². The Morgan fingerprint density at radius 1 is 0.875 bits per heavy atom. The lowest BCUT2D eigenvalue weighted by atomic mass is 9.95. The van der Waals surface area contributed by atoms with Crippen LogP contribution in [-0.2, 0) is 4.79 Å². The summed E-state index contributed by atoms with van der Waals surface area (Å²) in [7, 11) is 0. The molecule has 0 bridgehead atoms. The van der Waals surface area contributed by atoms with Gasteiger partial charge in [0.1, 0.15) is 6.29 Å². The zero-order valence-electron chi connectivity index (χ0n) is 11.3. The number of rotatable bonds is 12. The molecule has 0 radical (unpaired) electrons. The molecule has 0 heterocycles. The molecule has 0 saturated carbocycles. The van der Waals surface area contributed by atoms with Gasteiger partial charge in [0.2, 0.25) is 0 Å². The normalized spacial score (nSPS) is 12.6. The summed E-state index contributed by atoms with van der Waals surface area (Å²) in [5, 5.41) is 0. The third kappa shape index (κ3) is 10.2. The van der Waals surface area contributed by atoms with Crippen LogP contribution in [0.2, 0.25) is 0 Å². The van der Waals surface area contributed by atoms with Crippen molar-refractivity contribution < 1.29 is 4.79 Å². The van der Waals surface area contributed by atoms with Crippen molar-refractivity contribution in [3.05, 3.63) is 0 Å². The predicted molar refractivity (Wildman–Crippen MR) is 71.7 cm³/mol. The van der Waals surface area contributed by atoms with Crippen molar-refractivity contribution in [3.8, 4) is 0 Å². The molecule has 1 unspecified atom stereocenters. The number of aldehydes is 1. The quantitative estimate of drug-likeness (QED) is 0.333. The molecule has 0 aliphatic carbocycles. The summed E-state index contributed by atoms with van der Waals surface area (Å²) in [6.07, 6.45) is 15.3. The van der Waals surface area contributed by atoms with Crippen LogP contribution >= 0.6 is 0 Å². The average molecular weight is 226 g/mol. The van der Waals surface area contributed by atoms with Crippen molar-refractivity contribution in [2.24, 2.45) is 5.92 Å². The number of hydrogen-bond acceptors (Lipinski definition) is 1. The van der Waals surface area contributed by atoms with Crippen LogP contribution < -0.4 is 0 Å². The summed E-state index contributed by atoms with van der Waals surface area (Å²) in [4.78, 5) is 10.4. The van der Waals surface area contributed by atoms with Crippen LogP contribution in [0.1, 0.15) is 84.5 Å². The van der Waals surface area contributed by atoms with Crippen LogP contribution in [0.5, 0.6) is 0 Å². The maximum atomic E-state index is 10.4. The second-order valence-corrected chi connectivity index (χ2v) is 4.94. The first kappa shape index (κ1) is 15.7. The predicted octanol–water partition coefficient (Wildman–Crippen LogP) is 5.13. The van der Waals surface area contributed by atoms with E-state index in [-0.39, 0.29) is 0 Å². The fraction of sp³-hybridized carbons (Fsp3) is 0.933. The smallest absolute Gasteiger partial charge is 0.120 e. The first-order chi connectivity index (χ1) is 7.85. The zero-order valence-corrected chi connectivity index (χ0v) is 11.3. The van der Waals surface area contributed by atoms with Crippen LogP contribution in [-0.4, -0.2) is 6.29 Å². The highest BCUT2D eigenvalue weighted by Crippen LogP contribution is 2.17. The highest BCUT2D eigenvalue weighted by molar-refractivity contribution is 5.49. The van der Waals surface area contributed by atoms with Crippen molar-refractivity contribution in [2.75, 3.05) is 0 Å². The number of unbranched alkanes of at least 4 members (excludes halogenated alkanes) is 7. The van der Waals surface area contributed by atoms with Crippen molar-refractivity contribution >= 4 is 6.29 Å². The lowest BCUT2D eigenvalue weighted by Crippen LogP contribution is -1.99. The Kier molecular flexibility index (Phi) is 12.5. The fourth-order valence-corrected chi connectivity index (χ4v) is 2.19. The molecule has 16 heavy (non-hydrogen) atoms. The van der Waals surface area contributed by atoms with Gasteiger partial charge in [-0.3, -0.25) is 0 Å². The highest BCUT2D eigenvalue weighted by atomic mass is 16.1. The van der Waals surface area contributed by atoms with Crippen LogP contribution in [0.15, 0.2) is 0 Å². The maximum Gasteiger partial charge on any atom is 0.120 e. The van der Waals surface area contributed by atoms with E-state index in [1.54, 1.807) is 0 Å². The molecule has 96 valence electrons. The molecule has 0 amide bonds. The Labute approximate surface area is 102 Å². The molecule has 0 fully saturated rings. The van der Waals surface area contributed by atoms with Gasteiger partial charge < -0.3 is 4.79 Å². The van der Waals surface area contributed by atoms with E-state index in [0.29, 0.717) is 5.92 Å². The molecular weight excluding hydrogens is 196 g/mol. The van der Waals surface area contributed by atoms with Crippen LogP contribution in [0, 0.1) is 5.92 Å². The third-order valence-electron chi connectivity index (χ3n) is 3.47. The van der Waals surface area contributed by atoms with E-state index in [4.69, 9.17) is 0 Å². The average Bonchev–Trinajstić information content (AvgIpc) is 2.31. The summed E-state index contributed by atoms with van der Waals surface area (Å²) < 4.78 is 0. The zero-order chi connectivity index (χ0) is 12.1. The Bertz CT molecular complexity index is 142. The molecule has 0 aromatic heterocycles. The van der Waals surface area contributed by atoms with E-state index in [1.807, 2.05) is 0 Å². The Morgan fingerprint density at radius 2 is 1.44 bits per heavy atom. The van der Waals surface area contributed by atoms with Crippen LogP contribution in [0.4, 0.5) is 0 Å². The molecule has 1 heteroatoms. The summed E-state index contributed by atoms with van der Waals surface area (Å²) in [5.74, 6) is 0.651. The van der Waals surface area contributed by atoms with Crippen molar-refractivity contribution in [1.82, 2.24) is 0 Å². The van der Waals surface area contributed by atoms with Gasteiger partial charge in [0, 0.05) is 6.42 Å². The molecule has 1 nitrogen and oxygen atoms in total. The highest BCUT2D eigenvalue weighted by Gasteiger charge is 2.04. The summed E-state index contributed by atoms with van der Waals surface area (Å²) in [6, 6.07) is 0. The molecule has 0 rings (SSSR count). The standard InChI is InChI=1S/C15H30O/c1-3-5-6-7-8-9-10-11-12-15(4-2)13-14-16/h14-15H,3-13H2,1-2H3. The van der Waals surface area contributed by atoms with Gasteiger partial charge >= 0.3 is 0 Å². The fourth-order valence-electron chi connectivity index (χ4n) is 2.19. The van der Waals surface area contributed by atoms with E-state index < -0.39 is 0 Å². The van der Waals surface area contributed by atoms with Crippen LogP contribution in [0.3, 0.4) is 0 Å². The van der Waals surface area contributed by atoms with E-state index in [1.165, 1.54) is 57.8 Å². The lowest BCUT2D eigenvalue weighted by Gasteiger charge is -2.10. The second-order valence-electron chi connectivity index (χ2n) is 4.94. The molecule has 0 aromatic carbocycles. The Balaban J connectivity index is 3.15. The van der Waals surface area contributed by atoms with Gasteiger partial charge in [-0.2, -0.15) is 0 Å². The Hall–Kier alpha value is -0.330. The summed E-state index contributed by atoms with van der Waals surface area (Å²) in [6.45, 7) is 4.46. The molecule has 0 aliphatic rings. The van der Waals surface area contributed by atoms with Gasteiger partial charge in [0.25, 0.3) is 0 Å². The minimum Gasteiger partial charge on any atom is -0.303 e. The minimum absolute atomic E-state index is 0.651. The molecule has 0 aliphatic heterocycles. The van der Waals surface area contributed by atoms with Crippen LogP contribution in [0.25, 0.3) is 0 Å². The minimum atomic E-state index is 0.651. The molecule has 0 saturated heterocycles. The van der Waals surface area contributed by atoms with Gasteiger partial charge in [-0.05, 0) is 5.92 Å². The van der Waals surface area contributed by atoms with Gasteiger partial charge in [-0.25, -0.2) is 0 Å². The molecule has 0 spiro atoms. The Morgan fingerprint density at radius 3 is 1.94 bits per heavy atom. The van der Waals surface area contributed by atoms with Crippen molar-refractivity contribution in [3.63, 3.8) is 0 Å². The SMILES string of the molecule is CCCCCCCCCCC(CC)CC=O. The van der Waals surface area contributed by atoms with Gasteiger partial charge in [0.05, 0.1) is 0 Å². The maximum absolute atomic E-state index is 10.4. The van der Waals surface area contributed by atoms with Crippen molar-refractivity contribution in [2.45, 2.75) is 84.5 Å². The van der Waals surface area contributed by atoms with Crippen molar-refractivity contribution in [1.29, 1.82) is 0 Å². The topological polar surface area (TPSA) is 17.1 Å². The number of hydrogen-bond donors (Lipinski definition) is 0. The lowest BCUT2D eigenvalue weighted by molar-refractivity contribution is -0.108. The third-order valence-corrected chi connectivity index (χ3v) is 3.47. The first-order valence-electron chi connectivity index (χ1n) is 7.28. The molecule has 0 N–H and O–H groups in total. The first-order valence-corrected chi connectivity index (χ1v) is 7.28. The van der Waals surface area contributed by atoms with E-state index >= 15 is 0 Å². The van der Waals surface area contributed by atoms with Gasteiger partial charge in [0.15, 0.2) is 0 Å². The van der Waals surface area contributed by atoms with Gasteiger partial charge in [-0.15, -0.1) is 0 Å². The summed E-state index contributed by atoms with van der Waals surface area (Å²) in [5.41, 5.74) is 0. The molecular formula is C15H30O. The number of carbonyl (C=O) groups excluding carboxylic acids is 1. The summed E-state index contributed by atoms with van der Waals surface area (Å²) >= 11 is 0. The number of carbonyl (C=O) groups is 1. The molecule has 0 aromatic rings. The largest absolute Gasteiger partial charge is 0.303 e. The molecule has 1 atom stereocenters. The van der Waals surface area contributed by atoms with E-state index in [2.05, 4.69) is 13.8 Å². The second kappa shape index (κ2) is 12.7. The monoisotopic (exact) mass is 226 g/mol. The van der Waals surface area contributed by atoms with Gasteiger partial charge in [-0.1, -0.05) is 78.1 Å². The van der Waals surface area contributed by atoms with E-state index in [0.717, 1.165) is 19.1 Å².